The molecule has 0 aliphatic heterocycles. The molecule has 0 spiro atoms. The minimum Gasteiger partial charge on any atom is -0.329 e. The highest BCUT2D eigenvalue weighted by Gasteiger charge is 2.13. The molecule has 2 aromatic rings. The van der Waals surface area contributed by atoms with E-state index in [-0.39, 0.29) is 5.82 Å². The predicted molar refractivity (Wildman–Crippen MR) is 64.4 cm³/mol. The largest absolute Gasteiger partial charge is 0.329 e. The van der Waals surface area contributed by atoms with E-state index in [1.165, 1.54) is 6.07 Å². The Bertz CT molecular complexity index is 496. The second-order valence-electron chi connectivity index (χ2n) is 3.33. The summed E-state index contributed by atoms with van der Waals surface area (Å²) in [5, 5.41) is 4.15. The van der Waals surface area contributed by atoms with Gasteiger partial charge in [0.1, 0.15) is 5.82 Å². The molecule has 0 unspecified atom stereocenters. The number of rotatable bonds is 3. The van der Waals surface area contributed by atoms with Crippen LogP contribution in [0.5, 0.6) is 0 Å². The average molecular weight is 284 g/mol. The summed E-state index contributed by atoms with van der Waals surface area (Å²) in [5.74, 6) is -0.262. The van der Waals surface area contributed by atoms with E-state index in [1.54, 1.807) is 29.1 Å². The van der Waals surface area contributed by atoms with Crippen LogP contribution in [0.2, 0.25) is 0 Å². The first-order valence-corrected chi connectivity index (χ1v) is 5.69. The number of hydrogen-bond donors (Lipinski definition) is 1. The van der Waals surface area contributed by atoms with Gasteiger partial charge in [-0.3, -0.25) is 4.68 Å². The number of nitrogens with two attached hydrogens (primary N) is 1. The van der Waals surface area contributed by atoms with E-state index < -0.39 is 0 Å². The topological polar surface area (TPSA) is 43.8 Å². The third kappa shape index (κ3) is 2.01. The molecule has 0 atom stereocenters. The zero-order chi connectivity index (χ0) is 11.5. The second-order valence-corrected chi connectivity index (χ2v) is 4.19. The predicted octanol–water partition coefficient (Wildman–Crippen LogP) is 2.41. The van der Waals surface area contributed by atoms with Crippen LogP contribution in [0.1, 0.15) is 0 Å². The average Bonchev–Trinajstić information content (AvgIpc) is 2.62. The highest BCUT2D eigenvalue weighted by molar-refractivity contribution is 9.10. The van der Waals surface area contributed by atoms with Crippen molar-refractivity contribution in [1.82, 2.24) is 9.78 Å². The minimum atomic E-state index is -0.262. The lowest BCUT2D eigenvalue weighted by atomic mass is 10.1. The van der Waals surface area contributed by atoms with Crippen LogP contribution in [0.25, 0.3) is 11.3 Å². The highest BCUT2D eigenvalue weighted by Crippen LogP contribution is 2.29. The highest BCUT2D eigenvalue weighted by atomic mass is 79.9. The van der Waals surface area contributed by atoms with Gasteiger partial charge in [-0.1, -0.05) is 12.1 Å². The molecule has 84 valence electrons. The van der Waals surface area contributed by atoms with Gasteiger partial charge < -0.3 is 5.73 Å². The molecule has 3 nitrogen and oxygen atoms in total. The van der Waals surface area contributed by atoms with Gasteiger partial charge in [-0.05, 0) is 28.1 Å². The Morgan fingerprint density at radius 2 is 2.12 bits per heavy atom. The fourth-order valence-corrected chi connectivity index (χ4v) is 2.09. The summed E-state index contributed by atoms with van der Waals surface area (Å²) in [6.07, 6.45) is 1.65. The van der Waals surface area contributed by atoms with Gasteiger partial charge in [0.05, 0.1) is 22.9 Å². The van der Waals surface area contributed by atoms with Crippen LogP contribution in [-0.4, -0.2) is 16.3 Å². The molecule has 1 aromatic carbocycles. The zero-order valence-electron chi connectivity index (χ0n) is 8.53. The van der Waals surface area contributed by atoms with Gasteiger partial charge >= 0.3 is 0 Å². The Morgan fingerprint density at radius 3 is 2.81 bits per heavy atom. The molecule has 2 N–H and O–H groups in total. The van der Waals surface area contributed by atoms with E-state index in [2.05, 4.69) is 21.0 Å². The summed E-state index contributed by atoms with van der Waals surface area (Å²) in [6, 6.07) is 6.62. The van der Waals surface area contributed by atoms with Gasteiger partial charge in [-0.25, -0.2) is 4.39 Å². The minimum absolute atomic E-state index is 0.262. The Labute approximate surface area is 101 Å². The molecule has 0 fully saturated rings. The Morgan fingerprint density at radius 1 is 1.38 bits per heavy atom. The van der Waals surface area contributed by atoms with Crippen LogP contribution >= 0.6 is 15.9 Å². The number of halogens is 2. The van der Waals surface area contributed by atoms with Crippen molar-refractivity contribution < 1.29 is 4.39 Å². The van der Waals surface area contributed by atoms with Crippen molar-refractivity contribution >= 4 is 15.9 Å². The van der Waals surface area contributed by atoms with Crippen molar-refractivity contribution in [2.75, 3.05) is 6.54 Å². The van der Waals surface area contributed by atoms with Crippen molar-refractivity contribution in [2.24, 2.45) is 5.73 Å². The lowest BCUT2D eigenvalue weighted by Crippen LogP contribution is -2.12. The van der Waals surface area contributed by atoms with Crippen LogP contribution in [0.15, 0.2) is 34.9 Å². The third-order valence-electron chi connectivity index (χ3n) is 2.26. The van der Waals surface area contributed by atoms with Crippen molar-refractivity contribution in [2.45, 2.75) is 6.54 Å². The molecule has 0 aliphatic rings. The van der Waals surface area contributed by atoms with Crippen LogP contribution in [0.4, 0.5) is 4.39 Å². The Kier molecular flexibility index (Phi) is 3.36. The maximum atomic E-state index is 13.7. The first-order valence-electron chi connectivity index (χ1n) is 4.90. The second kappa shape index (κ2) is 4.76. The van der Waals surface area contributed by atoms with E-state index in [4.69, 9.17) is 5.73 Å². The molecule has 0 saturated carbocycles. The maximum Gasteiger partial charge on any atom is 0.132 e. The van der Waals surface area contributed by atoms with E-state index in [9.17, 15) is 4.39 Å². The van der Waals surface area contributed by atoms with Gasteiger partial charge in [0.25, 0.3) is 0 Å². The summed E-state index contributed by atoms with van der Waals surface area (Å²) in [5.41, 5.74) is 6.74. The van der Waals surface area contributed by atoms with Gasteiger partial charge in [0.2, 0.25) is 0 Å². The van der Waals surface area contributed by atoms with Gasteiger partial charge in [-0.2, -0.15) is 5.10 Å². The SMILES string of the molecule is NCCn1ncc(Br)c1-c1ccccc1F. The van der Waals surface area contributed by atoms with Crippen molar-refractivity contribution in [3.05, 3.63) is 40.8 Å². The lowest BCUT2D eigenvalue weighted by molar-refractivity contribution is 0.611. The molecule has 5 heteroatoms. The molecule has 0 bridgehead atoms. The van der Waals surface area contributed by atoms with E-state index in [1.807, 2.05) is 0 Å². The van der Waals surface area contributed by atoms with E-state index in [0.29, 0.717) is 18.7 Å². The molecular formula is C11H11BrFN3. The molecule has 0 radical (unpaired) electrons. The fourth-order valence-electron chi connectivity index (χ4n) is 1.58. The number of aromatic nitrogens is 2. The molecular weight excluding hydrogens is 273 g/mol. The first kappa shape index (κ1) is 11.3. The third-order valence-corrected chi connectivity index (χ3v) is 2.85. The lowest BCUT2D eigenvalue weighted by Gasteiger charge is -2.07. The normalized spacial score (nSPS) is 10.7. The van der Waals surface area contributed by atoms with Crippen LogP contribution in [-0.2, 0) is 6.54 Å². The van der Waals surface area contributed by atoms with Crippen LogP contribution in [0, 0.1) is 5.82 Å². The molecule has 16 heavy (non-hydrogen) atoms. The molecule has 1 aromatic heterocycles. The Balaban J connectivity index is 2.54. The molecule has 1 heterocycles. The Hall–Kier alpha value is -1.20. The fraction of sp³-hybridized carbons (Fsp3) is 0.182. The maximum absolute atomic E-state index is 13.7. The van der Waals surface area contributed by atoms with Crippen molar-refractivity contribution in [3.8, 4) is 11.3 Å². The molecule has 0 amide bonds. The summed E-state index contributed by atoms with van der Waals surface area (Å²) in [4.78, 5) is 0. The molecule has 0 saturated heterocycles. The quantitative estimate of drug-likeness (QED) is 0.940. The van der Waals surface area contributed by atoms with Gasteiger partial charge in [0.15, 0.2) is 0 Å². The number of benzene rings is 1. The van der Waals surface area contributed by atoms with Gasteiger partial charge in [0, 0.05) is 12.1 Å². The molecule has 2 rings (SSSR count). The van der Waals surface area contributed by atoms with Crippen LogP contribution in [0.3, 0.4) is 0 Å². The summed E-state index contributed by atoms with van der Waals surface area (Å²) in [7, 11) is 0. The van der Waals surface area contributed by atoms with E-state index in [0.717, 1.165) is 10.2 Å². The molecule has 0 aliphatic carbocycles. The summed E-state index contributed by atoms with van der Waals surface area (Å²) < 4.78 is 16.1. The summed E-state index contributed by atoms with van der Waals surface area (Å²) in [6.45, 7) is 1.03. The van der Waals surface area contributed by atoms with E-state index >= 15 is 0 Å². The van der Waals surface area contributed by atoms with Gasteiger partial charge in [-0.15, -0.1) is 0 Å². The standard InChI is InChI=1S/C11H11BrFN3/c12-9-7-15-16(6-5-14)11(9)8-3-1-2-4-10(8)13/h1-4,7H,5-6,14H2. The number of hydrogen-bond acceptors (Lipinski definition) is 2. The zero-order valence-corrected chi connectivity index (χ0v) is 10.1. The number of nitrogens with zero attached hydrogens (tertiary/aromatic N) is 2. The van der Waals surface area contributed by atoms with Crippen molar-refractivity contribution in [1.29, 1.82) is 0 Å². The monoisotopic (exact) mass is 283 g/mol. The summed E-state index contributed by atoms with van der Waals surface area (Å²) >= 11 is 3.37. The smallest absolute Gasteiger partial charge is 0.132 e. The van der Waals surface area contributed by atoms with Crippen LogP contribution < -0.4 is 5.73 Å². The first-order chi connectivity index (χ1) is 7.74. The van der Waals surface area contributed by atoms with Crippen molar-refractivity contribution in [3.63, 3.8) is 0 Å².